The summed E-state index contributed by atoms with van der Waals surface area (Å²) in [6.45, 7) is -1.13. The molecule has 4 rings (SSSR count). The summed E-state index contributed by atoms with van der Waals surface area (Å²) in [5.41, 5.74) is 1.79. The third-order valence-corrected chi connectivity index (χ3v) is 5.71. The van der Waals surface area contributed by atoms with E-state index in [9.17, 15) is 13.0 Å². The van der Waals surface area contributed by atoms with Gasteiger partial charge < -0.3 is 8.81 Å². The van der Waals surface area contributed by atoms with Crippen LogP contribution in [0.4, 0.5) is 14.5 Å². The molecule has 152 valence electrons. The van der Waals surface area contributed by atoms with Gasteiger partial charge in [0.25, 0.3) is 5.88 Å². The summed E-state index contributed by atoms with van der Waals surface area (Å²) in [5, 5.41) is 12.9. The molecule has 4 aromatic rings. The molecule has 1 aromatic carbocycles. The summed E-state index contributed by atoms with van der Waals surface area (Å²) >= 11 is 8.98. The lowest BCUT2D eigenvalue weighted by molar-refractivity contribution is 0.0522. The molecule has 0 radical (unpaired) electrons. The highest BCUT2D eigenvalue weighted by molar-refractivity contribution is 9.06. The average Bonchev–Trinajstić information content (AvgIpc) is 3.39. The van der Waals surface area contributed by atoms with Crippen molar-refractivity contribution in [1.82, 2.24) is 29.8 Å². The van der Waals surface area contributed by atoms with Crippen molar-refractivity contribution in [3.8, 4) is 11.6 Å². The Morgan fingerprint density at radius 3 is 2.79 bits per heavy atom. The number of fused-ring (bicyclic) bond motifs is 1. The van der Waals surface area contributed by atoms with E-state index < -0.39 is 17.5 Å². The lowest BCUT2D eigenvalue weighted by atomic mass is 10.2. The second-order valence-corrected chi connectivity index (χ2v) is 7.69. The molecule has 2 N–H and O–H groups in total. The van der Waals surface area contributed by atoms with Gasteiger partial charge in [-0.15, -0.1) is 4.80 Å². The molecule has 3 aromatic heterocycles. The van der Waals surface area contributed by atoms with Crippen LogP contribution >= 0.6 is 27.9 Å². The molecule has 9 nitrogen and oxygen atoms in total. The third kappa shape index (κ3) is 3.49. The van der Waals surface area contributed by atoms with E-state index in [2.05, 4.69) is 41.3 Å². The minimum Gasteiger partial charge on any atom is -0.396 e. The van der Waals surface area contributed by atoms with Gasteiger partial charge in [-0.25, -0.2) is 4.21 Å². The number of nitrogens with zero attached hydrogens (tertiary/aromatic N) is 5. The van der Waals surface area contributed by atoms with Crippen molar-refractivity contribution in [2.75, 3.05) is 4.72 Å². The fraction of sp³-hybridized carbons (Fsp3) is 0.133. The Morgan fingerprint density at radius 1 is 1.34 bits per heavy atom. The van der Waals surface area contributed by atoms with Crippen LogP contribution in [0.5, 0.6) is 5.88 Å². The largest absolute Gasteiger partial charge is 0.396 e. The maximum absolute atomic E-state index is 13.0. The fourth-order valence-electron chi connectivity index (χ4n) is 2.72. The molecule has 0 saturated heterocycles. The molecule has 0 aliphatic rings. The molecule has 14 heteroatoms. The summed E-state index contributed by atoms with van der Waals surface area (Å²) in [6, 6.07) is 3.32. The van der Waals surface area contributed by atoms with Crippen LogP contribution < -0.4 is 8.55 Å². The first-order valence-electron chi connectivity index (χ1n) is 7.92. The lowest BCUT2D eigenvalue weighted by Crippen LogP contribution is -2.06. The Morgan fingerprint density at radius 2 is 2.14 bits per heavy atom. The van der Waals surface area contributed by atoms with Crippen LogP contribution in [0.25, 0.3) is 16.6 Å². The molecule has 0 amide bonds. The van der Waals surface area contributed by atoms with Crippen molar-refractivity contribution in [3.63, 3.8) is 0 Å². The number of aryl methyl sites for hydroxylation is 1. The predicted octanol–water partition coefficient (Wildman–Crippen LogP) is 4.13. The quantitative estimate of drug-likeness (QED) is 0.409. The highest BCUT2D eigenvalue weighted by Crippen LogP contribution is 2.34. The monoisotopic (exact) mass is 505 g/mol. The van der Waals surface area contributed by atoms with E-state index in [-0.39, 0.29) is 11.6 Å². The molecule has 1 unspecified atom stereocenters. The molecule has 0 aliphatic heterocycles. The van der Waals surface area contributed by atoms with Crippen molar-refractivity contribution < 1.29 is 16.8 Å². The van der Waals surface area contributed by atoms with Crippen LogP contribution in [0.2, 0.25) is 5.02 Å². The Kier molecular flexibility index (Phi) is 5.27. The zero-order valence-corrected chi connectivity index (χ0v) is 17.6. The van der Waals surface area contributed by atoms with E-state index in [1.807, 2.05) is 0 Å². The summed E-state index contributed by atoms with van der Waals surface area (Å²) < 4.78 is 46.5. The van der Waals surface area contributed by atoms with Crippen LogP contribution in [0, 0.1) is 6.92 Å². The Hall–Kier alpha value is -2.51. The summed E-state index contributed by atoms with van der Waals surface area (Å²) in [6.07, 6.45) is 4.20. The van der Waals surface area contributed by atoms with E-state index in [1.54, 1.807) is 25.3 Å². The fourth-order valence-corrected chi connectivity index (χ4v) is 4.26. The van der Waals surface area contributed by atoms with E-state index >= 15 is 0 Å². The summed E-state index contributed by atoms with van der Waals surface area (Å²) in [4.78, 5) is 4.77. The number of hydrogen-bond donors (Lipinski definition) is 2. The Labute approximate surface area is 178 Å². The second-order valence-electron chi connectivity index (χ2n) is 5.78. The molecular weight excluding hydrogens is 496 g/mol. The number of alkyl halides is 2. The van der Waals surface area contributed by atoms with Gasteiger partial charge in [-0.3, -0.25) is 4.72 Å². The molecule has 29 heavy (non-hydrogen) atoms. The molecule has 0 bridgehead atoms. The SMILES string of the molecule is Cc1cnn(-c2c(Cl)ccc3c(S(=O)Nc4cnn(C(F)F)c4OBr)c[nH]c23)n1. The van der Waals surface area contributed by atoms with Gasteiger partial charge in [0.05, 0.1) is 33.5 Å². The summed E-state index contributed by atoms with van der Waals surface area (Å²) in [7, 11) is -1.83. The molecule has 0 fully saturated rings. The Bertz CT molecular complexity index is 1220. The van der Waals surface area contributed by atoms with Crippen LogP contribution in [0.3, 0.4) is 0 Å². The van der Waals surface area contributed by atoms with Crippen molar-refractivity contribution in [2.45, 2.75) is 18.4 Å². The van der Waals surface area contributed by atoms with Gasteiger partial charge in [0.1, 0.15) is 11.4 Å². The molecule has 0 spiro atoms. The minimum atomic E-state index is -2.92. The number of H-pyrrole nitrogens is 1. The number of aromatic nitrogens is 6. The highest BCUT2D eigenvalue weighted by atomic mass is 79.9. The van der Waals surface area contributed by atoms with Gasteiger partial charge in [0.15, 0.2) is 27.2 Å². The second kappa shape index (κ2) is 7.72. The maximum Gasteiger partial charge on any atom is 0.336 e. The number of halogens is 4. The number of benzene rings is 1. The lowest BCUT2D eigenvalue weighted by Gasteiger charge is -2.08. The first-order chi connectivity index (χ1) is 13.9. The molecular formula is C15H11BrClF2N7O2S. The van der Waals surface area contributed by atoms with Gasteiger partial charge >= 0.3 is 6.55 Å². The van der Waals surface area contributed by atoms with Crippen molar-refractivity contribution in [1.29, 1.82) is 0 Å². The standard InChI is InChI=1S/C15H11BrClF2N7O2S/c1-7-4-22-26(23-7)13-9(17)3-2-8-11(6-20-12(8)13)29(27)24-10-5-21-25(15(18)19)14(10)28-16/h2-6,15,20,24H,1H3. The van der Waals surface area contributed by atoms with Gasteiger partial charge in [-0.05, 0) is 19.1 Å². The number of nitrogens with one attached hydrogen (secondary N) is 2. The van der Waals surface area contributed by atoms with E-state index in [4.69, 9.17) is 15.4 Å². The van der Waals surface area contributed by atoms with Gasteiger partial charge in [-0.1, -0.05) is 11.6 Å². The molecule has 3 heterocycles. The minimum absolute atomic E-state index is 0.0217. The van der Waals surface area contributed by atoms with Crippen molar-refractivity contribution in [2.24, 2.45) is 0 Å². The zero-order chi connectivity index (χ0) is 20.7. The van der Waals surface area contributed by atoms with Crippen LogP contribution in [-0.2, 0) is 11.0 Å². The zero-order valence-electron chi connectivity index (χ0n) is 14.4. The molecule has 0 aliphatic carbocycles. The van der Waals surface area contributed by atoms with E-state index in [1.165, 1.54) is 11.0 Å². The van der Waals surface area contributed by atoms with Crippen molar-refractivity contribution >= 4 is 55.4 Å². The summed E-state index contributed by atoms with van der Waals surface area (Å²) in [5.74, 6) is -0.312. The maximum atomic E-state index is 13.0. The van der Waals surface area contributed by atoms with Crippen LogP contribution in [0.1, 0.15) is 12.2 Å². The number of aromatic amines is 1. The molecule has 1 atom stereocenters. The number of rotatable bonds is 6. The van der Waals surface area contributed by atoms with Crippen molar-refractivity contribution in [3.05, 3.63) is 41.4 Å². The van der Waals surface area contributed by atoms with Gasteiger partial charge in [0, 0.05) is 11.6 Å². The number of hydrogen-bond acceptors (Lipinski definition) is 5. The average molecular weight is 507 g/mol. The van der Waals surface area contributed by atoms with Crippen LogP contribution in [0.15, 0.2) is 35.6 Å². The smallest absolute Gasteiger partial charge is 0.336 e. The third-order valence-electron chi connectivity index (χ3n) is 3.96. The van der Waals surface area contributed by atoms with Gasteiger partial charge in [0.2, 0.25) is 0 Å². The topological polar surface area (TPSA) is 103 Å². The van der Waals surface area contributed by atoms with E-state index in [0.29, 0.717) is 36.9 Å². The van der Waals surface area contributed by atoms with Crippen LogP contribution in [-0.4, -0.2) is 34.0 Å². The molecule has 0 saturated carbocycles. The number of anilines is 1. The normalized spacial score (nSPS) is 12.6. The Balaban J connectivity index is 1.73. The predicted molar refractivity (Wildman–Crippen MR) is 106 cm³/mol. The first-order valence-corrected chi connectivity index (χ1v) is 10.1. The van der Waals surface area contributed by atoms with Gasteiger partial charge in [-0.2, -0.15) is 28.8 Å². The first kappa shape index (κ1) is 19.8. The highest BCUT2D eigenvalue weighted by Gasteiger charge is 2.22. The van der Waals surface area contributed by atoms with E-state index in [0.717, 1.165) is 6.20 Å².